The molecule has 118 valence electrons. The number of rotatable bonds is 1. The molecule has 3 nitrogen and oxygen atoms in total. The van der Waals surface area contributed by atoms with E-state index in [2.05, 4.69) is 36.6 Å². The molecule has 1 saturated heterocycles. The molecule has 23 heavy (non-hydrogen) atoms. The molecule has 3 aliphatic rings. The Bertz CT molecular complexity index is 862. The van der Waals surface area contributed by atoms with Gasteiger partial charge >= 0.3 is 0 Å². The summed E-state index contributed by atoms with van der Waals surface area (Å²) in [6.07, 6.45) is 4.32. The second-order valence-electron chi connectivity index (χ2n) is 7.30. The average Bonchev–Trinajstić information content (AvgIpc) is 2.94. The molecule has 0 N–H and O–H groups in total. The van der Waals surface area contributed by atoms with Crippen LogP contribution in [0.15, 0.2) is 36.4 Å². The van der Waals surface area contributed by atoms with E-state index < -0.39 is 0 Å². The van der Waals surface area contributed by atoms with Gasteiger partial charge in [-0.25, -0.2) is 0 Å². The van der Waals surface area contributed by atoms with Gasteiger partial charge in [-0.15, -0.1) is 0 Å². The molecular formula is C20H22N2O. The second kappa shape index (κ2) is 4.35. The van der Waals surface area contributed by atoms with Crippen LogP contribution in [-0.2, 0) is 6.42 Å². The third kappa shape index (κ3) is 1.43. The zero-order valence-electron chi connectivity index (χ0n) is 13.6. The third-order valence-corrected chi connectivity index (χ3v) is 6.58. The van der Waals surface area contributed by atoms with Crippen molar-refractivity contribution in [3.8, 4) is 0 Å². The third-order valence-electron chi connectivity index (χ3n) is 6.58. The van der Waals surface area contributed by atoms with Gasteiger partial charge in [0, 0.05) is 28.6 Å². The van der Waals surface area contributed by atoms with E-state index in [0.29, 0.717) is 6.04 Å². The fraction of sp³-hybridized carbons (Fsp3) is 0.450. The van der Waals surface area contributed by atoms with Gasteiger partial charge in [0.05, 0.1) is 11.6 Å². The van der Waals surface area contributed by atoms with Gasteiger partial charge in [0.2, 0.25) is 0 Å². The number of carbonyl (C=O) groups is 1. The summed E-state index contributed by atoms with van der Waals surface area (Å²) in [5.41, 5.74) is 4.52. The van der Waals surface area contributed by atoms with E-state index in [-0.39, 0.29) is 11.3 Å². The number of hydrogen-bond donors (Lipinski definition) is 0. The van der Waals surface area contributed by atoms with Crippen LogP contribution in [0, 0.1) is 5.41 Å². The van der Waals surface area contributed by atoms with Crippen LogP contribution in [0.2, 0.25) is 0 Å². The van der Waals surface area contributed by atoms with E-state index >= 15 is 0 Å². The Balaban J connectivity index is 1.92. The molecule has 0 amide bonds. The number of hydrogen-bond acceptors (Lipinski definition) is 2. The molecule has 1 aromatic heterocycles. The summed E-state index contributed by atoms with van der Waals surface area (Å²) < 4.78 is 1.99. The normalized spacial score (nSPS) is 29.9. The molecule has 2 aromatic rings. The zero-order valence-corrected chi connectivity index (χ0v) is 13.6. The first kappa shape index (κ1) is 13.6. The van der Waals surface area contributed by atoms with Crippen molar-refractivity contribution in [1.29, 1.82) is 0 Å². The number of para-hydroxylation sites is 1. The number of piperidine rings is 1. The average molecular weight is 306 g/mol. The van der Waals surface area contributed by atoms with E-state index in [9.17, 15) is 4.79 Å². The Kier molecular flexibility index (Phi) is 2.57. The lowest BCUT2D eigenvalue weighted by molar-refractivity contribution is 0.0112. The summed E-state index contributed by atoms with van der Waals surface area (Å²) in [5, 5.41) is 1.26. The van der Waals surface area contributed by atoms with Gasteiger partial charge in [0.1, 0.15) is 0 Å². The van der Waals surface area contributed by atoms with E-state index in [0.717, 1.165) is 43.4 Å². The maximum Gasteiger partial charge on any atom is 0.258 e. The van der Waals surface area contributed by atoms with Crippen molar-refractivity contribution in [3.63, 3.8) is 0 Å². The lowest BCUT2D eigenvalue weighted by Gasteiger charge is -2.55. The van der Waals surface area contributed by atoms with Gasteiger partial charge in [-0.1, -0.05) is 31.7 Å². The van der Waals surface area contributed by atoms with Crippen LogP contribution in [0.3, 0.4) is 0 Å². The van der Waals surface area contributed by atoms with Crippen LogP contribution in [0.4, 0.5) is 0 Å². The second-order valence-corrected chi connectivity index (χ2v) is 7.30. The quantitative estimate of drug-likeness (QED) is 0.746. The van der Waals surface area contributed by atoms with Crippen LogP contribution in [0.5, 0.6) is 0 Å². The van der Waals surface area contributed by atoms with Crippen molar-refractivity contribution >= 4 is 16.8 Å². The number of nitrogens with zero attached hydrogens (tertiary/aromatic N) is 2. The number of aromatic nitrogens is 1. The monoisotopic (exact) mass is 306 g/mol. The number of carbonyl (C=O) groups excluding carboxylic acids is 1. The SMILES string of the molecule is C=C1C(=O)n2c3c(c4ccccc42)CCN2CCC[C@]1(CC)[C@@H]32. The van der Waals surface area contributed by atoms with Crippen molar-refractivity contribution in [2.24, 2.45) is 5.41 Å². The minimum absolute atomic E-state index is 0.0606. The highest BCUT2D eigenvalue weighted by molar-refractivity contribution is 6.06. The zero-order chi connectivity index (χ0) is 15.8. The Morgan fingerprint density at radius 2 is 2.13 bits per heavy atom. The molecule has 4 heterocycles. The van der Waals surface area contributed by atoms with Crippen LogP contribution in [0.25, 0.3) is 10.9 Å². The van der Waals surface area contributed by atoms with Crippen LogP contribution < -0.4 is 0 Å². The molecule has 1 fully saturated rings. The Labute approximate surface area is 136 Å². The van der Waals surface area contributed by atoms with Crippen molar-refractivity contribution in [1.82, 2.24) is 9.47 Å². The Morgan fingerprint density at radius 3 is 2.96 bits per heavy atom. The molecule has 0 bridgehead atoms. The predicted molar refractivity (Wildman–Crippen MR) is 91.7 cm³/mol. The fourth-order valence-electron chi connectivity index (χ4n) is 5.49. The summed E-state index contributed by atoms with van der Waals surface area (Å²) in [6, 6.07) is 8.73. The van der Waals surface area contributed by atoms with Gasteiger partial charge < -0.3 is 0 Å². The Morgan fingerprint density at radius 1 is 1.30 bits per heavy atom. The van der Waals surface area contributed by atoms with Crippen molar-refractivity contribution in [2.75, 3.05) is 13.1 Å². The lowest BCUT2D eigenvalue weighted by Crippen LogP contribution is -2.54. The first-order valence-electron chi connectivity index (χ1n) is 8.79. The highest BCUT2D eigenvalue weighted by Gasteiger charge is 2.55. The van der Waals surface area contributed by atoms with Crippen molar-refractivity contribution < 1.29 is 4.79 Å². The van der Waals surface area contributed by atoms with E-state index in [1.165, 1.54) is 23.1 Å². The van der Waals surface area contributed by atoms with E-state index in [1.54, 1.807) is 0 Å². The summed E-state index contributed by atoms with van der Waals surface area (Å²) in [6.45, 7) is 8.78. The van der Waals surface area contributed by atoms with Crippen LogP contribution >= 0.6 is 0 Å². The van der Waals surface area contributed by atoms with Gasteiger partial charge in [0.25, 0.3) is 5.91 Å². The summed E-state index contributed by atoms with van der Waals surface area (Å²) >= 11 is 0. The van der Waals surface area contributed by atoms with Gasteiger partial charge in [-0.05, 0) is 43.9 Å². The van der Waals surface area contributed by atoms with E-state index in [1.807, 2.05) is 10.6 Å². The first-order valence-corrected chi connectivity index (χ1v) is 8.79. The minimum atomic E-state index is -0.0606. The van der Waals surface area contributed by atoms with Gasteiger partial charge in [-0.2, -0.15) is 0 Å². The van der Waals surface area contributed by atoms with Crippen LogP contribution in [-0.4, -0.2) is 28.5 Å². The highest BCUT2D eigenvalue weighted by atomic mass is 16.2. The van der Waals surface area contributed by atoms with Crippen LogP contribution in [0.1, 0.15) is 48.3 Å². The van der Waals surface area contributed by atoms with E-state index in [4.69, 9.17) is 0 Å². The smallest absolute Gasteiger partial charge is 0.258 e. The topological polar surface area (TPSA) is 25.2 Å². The molecule has 0 saturated carbocycles. The molecule has 3 aliphatic heterocycles. The summed E-state index contributed by atoms with van der Waals surface area (Å²) in [4.78, 5) is 15.9. The molecule has 2 atom stereocenters. The molecule has 0 spiro atoms. The standard InChI is InChI=1S/C20H22N2O/c1-3-20-10-6-11-21-12-9-15-14-7-4-5-8-16(14)22(17(15)18(20)21)19(23)13(20)2/h4-5,7-8,18H,2-3,6,9-12H2,1H3/t18-,20+/m1/s1. The fourth-order valence-corrected chi connectivity index (χ4v) is 5.49. The lowest BCUT2D eigenvalue weighted by atomic mass is 9.62. The molecule has 0 radical (unpaired) electrons. The molecule has 1 aromatic carbocycles. The van der Waals surface area contributed by atoms with Crippen molar-refractivity contribution in [2.45, 2.75) is 38.6 Å². The van der Waals surface area contributed by atoms with Crippen molar-refractivity contribution in [3.05, 3.63) is 47.7 Å². The molecule has 3 heteroatoms. The number of benzene rings is 1. The molecular weight excluding hydrogens is 284 g/mol. The first-order chi connectivity index (χ1) is 11.2. The number of fused-ring (bicyclic) bond motifs is 3. The minimum Gasteiger partial charge on any atom is -0.294 e. The maximum absolute atomic E-state index is 13.2. The molecule has 0 aliphatic carbocycles. The maximum atomic E-state index is 13.2. The van der Waals surface area contributed by atoms with Gasteiger partial charge in [-0.3, -0.25) is 14.3 Å². The predicted octanol–water partition coefficient (Wildman–Crippen LogP) is 3.94. The van der Waals surface area contributed by atoms with Gasteiger partial charge in [0.15, 0.2) is 0 Å². The summed E-state index contributed by atoms with van der Waals surface area (Å²) in [5.74, 6) is 0.129. The summed E-state index contributed by atoms with van der Waals surface area (Å²) in [7, 11) is 0. The largest absolute Gasteiger partial charge is 0.294 e. The molecule has 5 rings (SSSR count). The highest BCUT2D eigenvalue weighted by Crippen LogP contribution is 2.58. The molecule has 0 unspecified atom stereocenters. The Hall–Kier alpha value is -1.87.